The van der Waals surface area contributed by atoms with Gasteiger partial charge >= 0.3 is 0 Å². The third-order valence-electron chi connectivity index (χ3n) is 6.16. The number of hydrogen-bond donors (Lipinski definition) is 1. The number of fused-ring (bicyclic) bond motifs is 2. The minimum atomic E-state index is 0.0896. The van der Waals surface area contributed by atoms with Crippen LogP contribution in [0.2, 0.25) is 0 Å². The van der Waals surface area contributed by atoms with Crippen LogP contribution in [0, 0.1) is 0 Å². The molecule has 0 aromatic heterocycles. The van der Waals surface area contributed by atoms with Gasteiger partial charge in [-0.15, -0.1) is 0 Å². The third kappa shape index (κ3) is 2.79. The van der Waals surface area contributed by atoms with Gasteiger partial charge in [-0.05, 0) is 32.1 Å². The Hall–Kier alpha value is -0.650. The maximum absolute atomic E-state index is 12.7. The molecule has 1 N–H and O–H groups in total. The molecule has 5 heteroatoms. The maximum atomic E-state index is 12.7. The predicted molar refractivity (Wildman–Crippen MR) is 82.7 cm³/mol. The molecule has 0 aromatic carbocycles. The molecule has 3 heterocycles. The van der Waals surface area contributed by atoms with E-state index < -0.39 is 0 Å². The molecule has 0 radical (unpaired) electrons. The summed E-state index contributed by atoms with van der Waals surface area (Å²) < 4.78 is 11.3. The number of nitrogens with one attached hydrogen (secondary N) is 1. The Bertz CT molecular complexity index is 416. The fraction of sp³-hybridized carbons (Fsp3) is 0.941. The molecule has 5 nitrogen and oxygen atoms in total. The lowest BCUT2D eigenvalue weighted by Crippen LogP contribution is -2.55. The van der Waals surface area contributed by atoms with E-state index in [1.165, 1.54) is 19.3 Å². The summed E-state index contributed by atoms with van der Waals surface area (Å²) >= 11 is 0. The minimum Gasteiger partial charge on any atom is -0.379 e. The minimum absolute atomic E-state index is 0.0896. The van der Waals surface area contributed by atoms with E-state index in [1.54, 1.807) is 0 Å². The van der Waals surface area contributed by atoms with E-state index >= 15 is 0 Å². The van der Waals surface area contributed by atoms with Crippen LogP contribution in [0.3, 0.4) is 0 Å². The topological polar surface area (TPSA) is 50.8 Å². The van der Waals surface area contributed by atoms with E-state index in [0.29, 0.717) is 12.5 Å². The highest BCUT2D eigenvalue weighted by atomic mass is 16.5. The van der Waals surface area contributed by atoms with Gasteiger partial charge in [0.15, 0.2) is 0 Å². The first-order valence-electron chi connectivity index (χ1n) is 9.03. The first-order valence-corrected chi connectivity index (χ1v) is 9.03. The van der Waals surface area contributed by atoms with Crippen molar-refractivity contribution in [1.82, 2.24) is 10.2 Å². The highest BCUT2D eigenvalue weighted by Crippen LogP contribution is 2.39. The average Bonchev–Trinajstić information content (AvgIpc) is 3.25. The molecule has 2 bridgehead atoms. The van der Waals surface area contributed by atoms with E-state index in [9.17, 15) is 4.79 Å². The highest BCUT2D eigenvalue weighted by Gasteiger charge is 2.44. The molecule has 4 aliphatic rings. The standard InChI is InChI=1S/C17H28N2O3/c20-16(18-14-11-13-3-4-15(14)22-13)12-17(5-1-2-6-17)19-7-9-21-10-8-19/h13-15H,1-12H2,(H,18,20)/t13-,14+,15-/m1/s1. The summed E-state index contributed by atoms with van der Waals surface area (Å²) in [5.74, 6) is 0.231. The number of amides is 1. The van der Waals surface area contributed by atoms with E-state index in [4.69, 9.17) is 9.47 Å². The van der Waals surface area contributed by atoms with Crippen LogP contribution in [0.4, 0.5) is 0 Å². The first kappa shape index (κ1) is 14.9. The van der Waals surface area contributed by atoms with Crippen molar-refractivity contribution in [3.8, 4) is 0 Å². The van der Waals surface area contributed by atoms with Crippen molar-refractivity contribution in [2.24, 2.45) is 0 Å². The SMILES string of the molecule is O=C(CC1(N2CCOCC2)CCCC1)N[C@H]1C[C@H]2CC[C@H]1O2. The van der Waals surface area contributed by atoms with E-state index in [-0.39, 0.29) is 23.6 Å². The molecule has 0 aromatic rings. The van der Waals surface area contributed by atoms with Gasteiger partial charge in [0.2, 0.25) is 5.91 Å². The van der Waals surface area contributed by atoms with Gasteiger partial charge in [-0.25, -0.2) is 0 Å². The number of carbonyl (C=O) groups excluding carboxylic acids is 1. The summed E-state index contributed by atoms with van der Waals surface area (Å²) in [6.45, 7) is 3.57. The lowest BCUT2D eigenvalue weighted by Gasteiger charge is -2.43. The summed E-state index contributed by atoms with van der Waals surface area (Å²) in [4.78, 5) is 15.2. The van der Waals surface area contributed by atoms with E-state index in [0.717, 1.165) is 52.0 Å². The van der Waals surface area contributed by atoms with Gasteiger partial charge in [0.25, 0.3) is 0 Å². The molecule has 1 aliphatic carbocycles. The number of morpholine rings is 1. The second kappa shape index (κ2) is 6.10. The van der Waals surface area contributed by atoms with E-state index in [2.05, 4.69) is 10.2 Å². The molecule has 4 rings (SSSR count). The zero-order valence-corrected chi connectivity index (χ0v) is 13.4. The molecule has 3 aliphatic heterocycles. The fourth-order valence-corrected chi connectivity index (χ4v) is 5.02. The number of rotatable bonds is 4. The average molecular weight is 308 g/mol. The summed E-state index contributed by atoms with van der Waals surface area (Å²) in [6.07, 6.45) is 9.46. The van der Waals surface area contributed by atoms with Crippen molar-refractivity contribution >= 4 is 5.91 Å². The van der Waals surface area contributed by atoms with Gasteiger partial charge in [-0.3, -0.25) is 9.69 Å². The van der Waals surface area contributed by atoms with Crippen LogP contribution in [0.25, 0.3) is 0 Å². The lowest BCUT2D eigenvalue weighted by atomic mass is 9.89. The van der Waals surface area contributed by atoms with Gasteiger partial charge in [0.05, 0.1) is 31.5 Å². The monoisotopic (exact) mass is 308 g/mol. The Morgan fingerprint density at radius 1 is 1.18 bits per heavy atom. The van der Waals surface area contributed by atoms with Crippen LogP contribution in [-0.4, -0.2) is 60.9 Å². The number of carbonyl (C=O) groups is 1. The Morgan fingerprint density at radius 2 is 1.95 bits per heavy atom. The van der Waals surface area contributed by atoms with Crippen molar-refractivity contribution in [3.63, 3.8) is 0 Å². The molecule has 22 heavy (non-hydrogen) atoms. The number of ether oxygens (including phenoxy) is 2. The van der Waals surface area contributed by atoms with Gasteiger partial charge in [0.1, 0.15) is 0 Å². The van der Waals surface area contributed by atoms with Gasteiger partial charge in [0, 0.05) is 25.0 Å². The van der Waals surface area contributed by atoms with Crippen LogP contribution < -0.4 is 5.32 Å². The normalized spacial score (nSPS) is 37.5. The highest BCUT2D eigenvalue weighted by molar-refractivity contribution is 5.77. The molecule has 3 atom stereocenters. The van der Waals surface area contributed by atoms with Crippen LogP contribution in [0.15, 0.2) is 0 Å². The summed E-state index contributed by atoms with van der Waals surface area (Å²) in [5.41, 5.74) is 0.0896. The Morgan fingerprint density at radius 3 is 2.59 bits per heavy atom. The molecule has 124 valence electrons. The smallest absolute Gasteiger partial charge is 0.222 e. The summed E-state index contributed by atoms with van der Waals surface area (Å²) in [6, 6.07) is 0.259. The second-order valence-corrected chi connectivity index (χ2v) is 7.49. The van der Waals surface area contributed by atoms with Crippen molar-refractivity contribution < 1.29 is 14.3 Å². The Labute approximate surface area is 132 Å². The summed E-state index contributed by atoms with van der Waals surface area (Å²) in [7, 11) is 0. The zero-order chi connectivity index (χ0) is 15.0. The number of hydrogen-bond acceptors (Lipinski definition) is 4. The molecule has 1 saturated carbocycles. The Kier molecular flexibility index (Phi) is 4.13. The van der Waals surface area contributed by atoms with Crippen molar-refractivity contribution in [2.45, 2.75) is 75.2 Å². The lowest BCUT2D eigenvalue weighted by molar-refractivity contribution is -0.126. The van der Waals surface area contributed by atoms with E-state index in [1.807, 2.05) is 0 Å². The zero-order valence-electron chi connectivity index (χ0n) is 13.4. The third-order valence-corrected chi connectivity index (χ3v) is 6.16. The quantitative estimate of drug-likeness (QED) is 0.854. The van der Waals surface area contributed by atoms with Gasteiger partial charge in [-0.1, -0.05) is 12.8 Å². The molecule has 3 saturated heterocycles. The number of nitrogens with zero attached hydrogens (tertiary/aromatic N) is 1. The first-order chi connectivity index (χ1) is 10.8. The maximum Gasteiger partial charge on any atom is 0.222 e. The predicted octanol–water partition coefficient (Wildman–Crippen LogP) is 1.46. The van der Waals surface area contributed by atoms with Gasteiger partial charge < -0.3 is 14.8 Å². The molecule has 4 fully saturated rings. The van der Waals surface area contributed by atoms with Crippen LogP contribution in [0.5, 0.6) is 0 Å². The van der Waals surface area contributed by atoms with Crippen molar-refractivity contribution in [1.29, 1.82) is 0 Å². The van der Waals surface area contributed by atoms with Crippen LogP contribution in [0.1, 0.15) is 51.4 Å². The largest absolute Gasteiger partial charge is 0.379 e. The molecular formula is C17H28N2O3. The Balaban J connectivity index is 1.37. The van der Waals surface area contributed by atoms with Crippen LogP contribution in [-0.2, 0) is 14.3 Å². The molecule has 0 unspecified atom stereocenters. The van der Waals surface area contributed by atoms with Gasteiger partial charge in [-0.2, -0.15) is 0 Å². The summed E-state index contributed by atoms with van der Waals surface area (Å²) in [5, 5.41) is 3.28. The van der Waals surface area contributed by atoms with Crippen molar-refractivity contribution in [2.75, 3.05) is 26.3 Å². The second-order valence-electron chi connectivity index (χ2n) is 7.49. The van der Waals surface area contributed by atoms with Crippen LogP contribution >= 0.6 is 0 Å². The molecule has 0 spiro atoms. The molecule has 1 amide bonds. The van der Waals surface area contributed by atoms with Crippen molar-refractivity contribution in [3.05, 3.63) is 0 Å². The molecular weight excluding hydrogens is 280 g/mol. The fourth-order valence-electron chi connectivity index (χ4n) is 5.02.